The van der Waals surface area contributed by atoms with E-state index in [1.807, 2.05) is 35.3 Å². The molecule has 0 N–H and O–H groups in total. The molecule has 7 heteroatoms. The van der Waals surface area contributed by atoms with Crippen LogP contribution in [0.4, 0.5) is 0 Å². The SMILES string of the molecule is CC(CS)SC(CS)CSCC(CS)SC(C)CS. The molecule has 0 nitrogen and oxygen atoms in total. The standard InChI is InChI=1S/C12H26S7/c1-9(3-13)18-11(5-15)7-17-8-12(6-16)19-10(2)4-14/h9-16H,3-8H2,1-2H3. The minimum absolute atomic E-state index is 0.611. The molecule has 116 valence electrons. The molecule has 0 heterocycles. The van der Waals surface area contributed by atoms with Gasteiger partial charge in [0.25, 0.3) is 0 Å². The van der Waals surface area contributed by atoms with E-state index in [2.05, 4.69) is 64.4 Å². The highest BCUT2D eigenvalue weighted by molar-refractivity contribution is 8.06. The zero-order chi connectivity index (χ0) is 14.7. The van der Waals surface area contributed by atoms with E-state index < -0.39 is 0 Å². The molecule has 0 amide bonds. The lowest BCUT2D eigenvalue weighted by Crippen LogP contribution is -2.18. The van der Waals surface area contributed by atoms with E-state index >= 15 is 0 Å². The van der Waals surface area contributed by atoms with Gasteiger partial charge in [0.2, 0.25) is 0 Å². The molecule has 0 spiro atoms. The van der Waals surface area contributed by atoms with Crippen molar-refractivity contribution in [2.45, 2.75) is 34.8 Å². The molecule has 19 heavy (non-hydrogen) atoms. The van der Waals surface area contributed by atoms with Crippen LogP contribution in [0.15, 0.2) is 0 Å². The van der Waals surface area contributed by atoms with Gasteiger partial charge < -0.3 is 0 Å². The zero-order valence-electron chi connectivity index (χ0n) is 11.6. The maximum atomic E-state index is 4.46. The fraction of sp³-hybridized carbons (Fsp3) is 1.00. The van der Waals surface area contributed by atoms with Crippen molar-refractivity contribution >= 4 is 85.8 Å². The van der Waals surface area contributed by atoms with Crippen molar-refractivity contribution in [3.05, 3.63) is 0 Å². The molecular weight excluding hydrogens is 369 g/mol. The van der Waals surface area contributed by atoms with Crippen molar-refractivity contribution in [3.63, 3.8) is 0 Å². The fourth-order valence-electron chi connectivity index (χ4n) is 1.34. The molecule has 0 aliphatic heterocycles. The van der Waals surface area contributed by atoms with Crippen LogP contribution in [0.25, 0.3) is 0 Å². The summed E-state index contributed by atoms with van der Waals surface area (Å²) in [5.74, 6) is 6.12. The van der Waals surface area contributed by atoms with E-state index in [0.29, 0.717) is 21.0 Å². The smallest absolute Gasteiger partial charge is 0.0229 e. The Kier molecular flexibility index (Phi) is 15.9. The van der Waals surface area contributed by atoms with Gasteiger partial charge in [0.05, 0.1) is 0 Å². The van der Waals surface area contributed by atoms with Gasteiger partial charge in [-0.3, -0.25) is 0 Å². The van der Waals surface area contributed by atoms with Crippen molar-refractivity contribution < 1.29 is 0 Å². The van der Waals surface area contributed by atoms with Crippen molar-refractivity contribution in [1.82, 2.24) is 0 Å². The number of thiol groups is 4. The lowest BCUT2D eigenvalue weighted by atomic mass is 10.5. The van der Waals surface area contributed by atoms with Gasteiger partial charge in [-0.2, -0.15) is 85.8 Å². The second-order valence-electron chi connectivity index (χ2n) is 4.41. The molecule has 0 aliphatic carbocycles. The summed E-state index contributed by atoms with van der Waals surface area (Å²) >= 11 is 23.7. The molecule has 0 aromatic carbocycles. The number of hydrogen-bond donors (Lipinski definition) is 4. The molecule has 0 bridgehead atoms. The molecular formula is C12H26S7. The lowest BCUT2D eigenvalue weighted by molar-refractivity contribution is 1.06. The van der Waals surface area contributed by atoms with Crippen LogP contribution in [0.1, 0.15) is 13.8 Å². The summed E-state index contributed by atoms with van der Waals surface area (Å²) in [5.41, 5.74) is 0. The first-order valence-electron chi connectivity index (χ1n) is 6.39. The first kappa shape index (κ1) is 21.4. The number of hydrogen-bond acceptors (Lipinski definition) is 7. The van der Waals surface area contributed by atoms with Crippen LogP contribution in [-0.2, 0) is 0 Å². The third-order valence-corrected chi connectivity index (χ3v) is 9.74. The van der Waals surface area contributed by atoms with E-state index in [4.69, 9.17) is 0 Å². The Morgan fingerprint density at radius 3 is 1.32 bits per heavy atom. The van der Waals surface area contributed by atoms with Crippen LogP contribution in [0, 0.1) is 0 Å². The van der Waals surface area contributed by atoms with Crippen LogP contribution >= 0.6 is 85.8 Å². The normalized spacial score (nSPS) is 18.0. The molecule has 4 atom stereocenters. The van der Waals surface area contributed by atoms with Crippen molar-refractivity contribution in [1.29, 1.82) is 0 Å². The van der Waals surface area contributed by atoms with Crippen LogP contribution in [-0.4, -0.2) is 55.5 Å². The molecule has 0 rings (SSSR count). The van der Waals surface area contributed by atoms with Crippen LogP contribution in [0.5, 0.6) is 0 Å². The topological polar surface area (TPSA) is 0 Å². The van der Waals surface area contributed by atoms with Crippen LogP contribution < -0.4 is 0 Å². The van der Waals surface area contributed by atoms with Crippen LogP contribution in [0.2, 0.25) is 0 Å². The second kappa shape index (κ2) is 14.1. The van der Waals surface area contributed by atoms with Crippen LogP contribution in [0.3, 0.4) is 0 Å². The molecule has 4 unspecified atom stereocenters. The molecule has 0 aromatic rings. The maximum absolute atomic E-state index is 4.46. The minimum Gasteiger partial charge on any atom is -0.178 e. The Balaban J connectivity index is 3.89. The van der Waals surface area contributed by atoms with Crippen molar-refractivity contribution in [2.24, 2.45) is 0 Å². The molecule has 0 radical (unpaired) electrons. The number of thioether (sulfide) groups is 3. The zero-order valence-corrected chi connectivity index (χ0v) is 17.6. The maximum Gasteiger partial charge on any atom is 0.0229 e. The predicted molar refractivity (Wildman–Crippen MR) is 114 cm³/mol. The van der Waals surface area contributed by atoms with E-state index in [1.165, 1.54) is 11.5 Å². The third kappa shape index (κ3) is 11.6. The van der Waals surface area contributed by atoms with Gasteiger partial charge in [0.1, 0.15) is 0 Å². The van der Waals surface area contributed by atoms with E-state index in [1.54, 1.807) is 0 Å². The first-order valence-corrected chi connectivity index (χ1v) is 12.0. The Labute approximate surface area is 154 Å². The summed E-state index contributed by atoms with van der Waals surface area (Å²) in [6.45, 7) is 4.47. The fourth-order valence-corrected chi connectivity index (χ4v) is 6.75. The summed E-state index contributed by atoms with van der Waals surface area (Å²) in [5, 5.41) is 2.48. The van der Waals surface area contributed by atoms with E-state index in [-0.39, 0.29) is 0 Å². The van der Waals surface area contributed by atoms with Gasteiger partial charge in [-0.25, -0.2) is 0 Å². The Hall–Kier alpha value is 2.45. The monoisotopic (exact) mass is 394 g/mol. The molecule has 0 saturated carbocycles. The highest BCUT2D eigenvalue weighted by Crippen LogP contribution is 2.27. The molecule has 0 aromatic heterocycles. The predicted octanol–water partition coefficient (Wildman–Crippen LogP) is 4.42. The summed E-state index contributed by atoms with van der Waals surface area (Å²) in [7, 11) is 0. The summed E-state index contributed by atoms with van der Waals surface area (Å²) in [6, 6.07) is 0. The van der Waals surface area contributed by atoms with Gasteiger partial charge in [-0.1, -0.05) is 13.8 Å². The van der Waals surface area contributed by atoms with E-state index in [9.17, 15) is 0 Å². The summed E-state index contributed by atoms with van der Waals surface area (Å²) in [6.07, 6.45) is 0. The van der Waals surface area contributed by atoms with Gasteiger partial charge in [0, 0.05) is 55.5 Å². The average Bonchev–Trinajstić information content (AvgIpc) is 2.44. The highest BCUT2D eigenvalue weighted by Gasteiger charge is 2.15. The van der Waals surface area contributed by atoms with Crippen molar-refractivity contribution in [3.8, 4) is 0 Å². The second-order valence-corrected chi connectivity index (χ2v) is 10.4. The van der Waals surface area contributed by atoms with Gasteiger partial charge in [-0.05, 0) is 0 Å². The quantitative estimate of drug-likeness (QED) is 0.362. The highest BCUT2D eigenvalue weighted by atomic mass is 32.2. The first-order chi connectivity index (χ1) is 9.07. The lowest BCUT2D eigenvalue weighted by Gasteiger charge is -2.20. The molecule has 0 fully saturated rings. The van der Waals surface area contributed by atoms with Gasteiger partial charge >= 0.3 is 0 Å². The Morgan fingerprint density at radius 2 is 1.05 bits per heavy atom. The van der Waals surface area contributed by atoms with E-state index in [0.717, 1.165) is 23.0 Å². The van der Waals surface area contributed by atoms with Gasteiger partial charge in [-0.15, -0.1) is 0 Å². The Bertz CT molecular complexity index is 183. The minimum atomic E-state index is 0.611. The van der Waals surface area contributed by atoms with Crippen molar-refractivity contribution in [2.75, 3.05) is 34.5 Å². The average molecular weight is 395 g/mol. The number of rotatable bonds is 12. The molecule has 0 aliphatic rings. The summed E-state index contributed by atoms with van der Waals surface area (Å²) in [4.78, 5) is 0. The van der Waals surface area contributed by atoms with Gasteiger partial charge in [0.15, 0.2) is 0 Å². The third-order valence-electron chi connectivity index (χ3n) is 2.38. The molecule has 0 saturated heterocycles. The summed E-state index contributed by atoms with van der Waals surface area (Å²) < 4.78 is 0. The largest absolute Gasteiger partial charge is 0.178 e. The Morgan fingerprint density at radius 1 is 0.684 bits per heavy atom.